The molecule has 1 unspecified atom stereocenters. The molecule has 31 heavy (non-hydrogen) atoms. The summed E-state index contributed by atoms with van der Waals surface area (Å²) in [6.07, 6.45) is 3.47. The third-order valence-corrected chi connectivity index (χ3v) is 6.07. The van der Waals surface area contributed by atoms with Gasteiger partial charge in [-0.3, -0.25) is 9.59 Å². The Bertz CT molecular complexity index is 1020. The molecule has 0 radical (unpaired) electrons. The van der Waals surface area contributed by atoms with Crippen molar-refractivity contribution in [1.29, 1.82) is 0 Å². The molecule has 166 valence electrons. The highest BCUT2D eigenvalue weighted by atomic mass is 19.2. The van der Waals surface area contributed by atoms with E-state index >= 15 is 0 Å². The Labute approximate surface area is 180 Å². The largest absolute Gasteiger partial charge is 0.341 e. The van der Waals surface area contributed by atoms with Crippen LogP contribution in [-0.4, -0.2) is 45.4 Å². The normalized spacial score (nSPS) is 17.0. The fraction of sp³-hybridized carbons (Fsp3) is 0.522. The van der Waals surface area contributed by atoms with E-state index in [2.05, 4.69) is 10.3 Å². The number of amides is 2. The van der Waals surface area contributed by atoms with Crippen LogP contribution >= 0.6 is 0 Å². The molecule has 1 saturated heterocycles. The lowest BCUT2D eigenvalue weighted by Gasteiger charge is -2.38. The number of nitrogens with zero attached hydrogens (tertiary/aromatic N) is 3. The van der Waals surface area contributed by atoms with Gasteiger partial charge in [0.2, 0.25) is 5.91 Å². The van der Waals surface area contributed by atoms with Crippen molar-refractivity contribution in [3.63, 3.8) is 0 Å². The van der Waals surface area contributed by atoms with Crippen LogP contribution in [0.1, 0.15) is 56.2 Å². The van der Waals surface area contributed by atoms with Crippen molar-refractivity contribution >= 4 is 11.8 Å². The van der Waals surface area contributed by atoms with E-state index in [-0.39, 0.29) is 11.6 Å². The van der Waals surface area contributed by atoms with E-state index in [0.29, 0.717) is 37.4 Å². The highest BCUT2D eigenvalue weighted by Gasteiger charge is 2.38. The Balaban J connectivity index is 1.68. The molecule has 1 atom stereocenters. The van der Waals surface area contributed by atoms with Crippen molar-refractivity contribution in [2.45, 2.75) is 59.0 Å². The number of likely N-dealkylation sites (tertiary alicyclic amines) is 1. The minimum atomic E-state index is -0.954. The van der Waals surface area contributed by atoms with Crippen molar-refractivity contribution < 1.29 is 18.4 Å². The molecule has 6 nitrogen and oxygen atoms in total. The fourth-order valence-electron chi connectivity index (χ4n) is 4.15. The van der Waals surface area contributed by atoms with Gasteiger partial charge in [0.25, 0.3) is 5.91 Å². The third-order valence-electron chi connectivity index (χ3n) is 6.07. The smallest absolute Gasteiger partial charge is 0.272 e. The number of benzene rings is 1. The molecule has 3 heterocycles. The van der Waals surface area contributed by atoms with E-state index in [1.54, 1.807) is 4.90 Å². The minimum absolute atomic E-state index is 0.0824. The van der Waals surface area contributed by atoms with Crippen molar-refractivity contribution in [1.82, 2.24) is 19.8 Å². The fourth-order valence-corrected chi connectivity index (χ4v) is 4.15. The SMILES string of the molecule is CC(C)(C)C(NC(=O)c1nc(-c2ccc(F)c(F)c2)n2c1CCCC2)C(=O)N1CCC1. The Morgan fingerprint density at radius 3 is 2.42 bits per heavy atom. The van der Waals surface area contributed by atoms with Crippen LogP contribution in [-0.2, 0) is 17.8 Å². The number of fused-ring (bicyclic) bond motifs is 1. The summed E-state index contributed by atoms with van der Waals surface area (Å²) in [5, 5.41) is 2.92. The van der Waals surface area contributed by atoms with Crippen LogP contribution < -0.4 is 5.32 Å². The van der Waals surface area contributed by atoms with E-state index in [0.717, 1.165) is 37.1 Å². The van der Waals surface area contributed by atoms with Gasteiger partial charge in [-0.15, -0.1) is 0 Å². The van der Waals surface area contributed by atoms with Gasteiger partial charge in [0.15, 0.2) is 11.6 Å². The van der Waals surface area contributed by atoms with Gasteiger partial charge < -0.3 is 14.8 Å². The molecule has 4 rings (SSSR count). The number of hydrogen-bond acceptors (Lipinski definition) is 3. The summed E-state index contributed by atoms with van der Waals surface area (Å²) in [6, 6.07) is 2.96. The van der Waals surface area contributed by atoms with Crippen LogP contribution in [0.25, 0.3) is 11.4 Å². The molecule has 1 N–H and O–H groups in total. The summed E-state index contributed by atoms with van der Waals surface area (Å²) in [4.78, 5) is 32.5. The minimum Gasteiger partial charge on any atom is -0.341 e. The number of nitrogens with one attached hydrogen (secondary N) is 1. The van der Waals surface area contributed by atoms with Gasteiger partial charge in [0.05, 0.1) is 5.69 Å². The monoisotopic (exact) mass is 430 g/mol. The molecule has 8 heteroatoms. The van der Waals surface area contributed by atoms with Gasteiger partial charge in [-0.05, 0) is 49.3 Å². The van der Waals surface area contributed by atoms with Crippen molar-refractivity contribution in [2.24, 2.45) is 5.41 Å². The number of aromatic nitrogens is 2. The molecule has 1 aromatic carbocycles. The molecule has 0 aliphatic carbocycles. The summed E-state index contributed by atoms with van der Waals surface area (Å²) in [5.74, 6) is -1.93. The lowest BCUT2D eigenvalue weighted by Crippen LogP contribution is -2.57. The van der Waals surface area contributed by atoms with E-state index in [9.17, 15) is 18.4 Å². The van der Waals surface area contributed by atoms with Crippen molar-refractivity contribution in [3.05, 3.63) is 41.2 Å². The first kappa shape index (κ1) is 21.5. The molecule has 1 fully saturated rings. The number of rotatable bonds is 4. The number of imidazole rings is 1. The van der Waals surface area contributed by atoms with Crippen LogP contribution in [0, 0.1) is 17.0 Å². The quantitative estimate of drug-likeness (QED) is 0.807. The molecule has 2 aliphatic rings. The first-order chi connectivity index (χ1) is 14.7. The zero-order chi connectivity index (χ0) is 22.3. The van der Waals surface area contributed by atoms with Gasteiger partial charge in [-0.2, -0.15) is 0 Å². The molecule has 2 amide bonds. The van der Waals surface area contributed by atoms with Crippen LogP contribution in [0.5, 0.6) is 0 Å². The maximum absolute atomic E-state index is 13.8. The molecule has 1 aromatic heterocycles. The van der Waals surface area contributed by atoms with E-state index in [1.807, 2.05) is 25.3 Å². The van der Waals surface area contributed by atoms with Crippen LogP contribution in [0.3, 0.4) is 0 Å². The molecular formula is C23H28F2N4O2. The van der Waals surface area contributed by atoms with Gasteiger partial charge in [-0.1, -0.05) is 20.8 Å². The Kier molecular flexibility index (Phi) is 5.58. The van der Waals surface area contributed by atoms with Gasteiger partial charge in [0.1, 0.15) is 17.6 Å². The maximum atomic E-state index is 13.8. The van der Waals surface area contributed by atoms with E-state index < -0.39 is 29.0 Å². The topological polar surface area (TPSA) is 67.2 Å². The first-order valence-corrected chi connectivity index (χ1v) is 10.8. The second kappa shape index (κ2) is 8.05. The maximum Gasteiger partial charge on any atom is 0.272 e. The molecule has 2 aliphatic heterocycles. The molecular weight excluding hydrogens is 402 g/mol. The standard InChI is InChI=1S/C23H28F2N4O2/c1-23(2,3)19(22(31)28-10-6-11-28)27-21(30)18-17-7-4-5-12-29(17)20(26-18)14-8-9-15(24)16(25)13-14/h8-9,13,19H,4-7,10-12H2,1-3H3,(H,27,30). The second-order valence-electron chi connectivity index (χ2n) is 9.42. The predicted octanol–water partition coefficient (Wildman–Crippen LogP) is 3.54. The van der Waals surface area contributed by atoms with Gasteiger partial charge in [-0.25, -0.2) is 13.8 Å². The molecule has 0 saturated carbocycles. The zero-order valence-electron chi connectivity index (χ0n) is 18.2. The lowest BCUT2D eigenvalue weighted by atomic mass is 9.85. The number of halogens is 2. The van der Waals surface area contributed by atoms with Crippen LogP contribution in [0.4, 0.5) is 8.78 Å². The van der Waals surface area contributed by atoms with Crippen molar-refractivity contribution in [3.8, 4) is 11.4 Å². The summed E-state index contributed by atoms with van der Waals surface area (Å²) >= 11 is 0. The number of hydrogen-bond donors (Lipinski definition) is 1. The summed E-state index contributed by atoms with van der Waals surface area (Å²) in [7, 11) is 0. The van der Waals surface area contributed by atoms with Gasteiger partial charge >= 0.3 is 0 Å². The van der Waals surface area contributed by atoms with E-state index in [4.69, 9.17) is 0 Å². The third kappa shape index (κ3) is 4.07. The summed E-state index contributed by atoms with van der Waals surface area (Å²) in [5.41, 5.74) is 0.980. The Morgan fingerprint density at radius 1 is 1.06 bits per heavy atom. The summed E-state index contributed by atoms with van der Waals surface area (Å²) < 4.78 is 29.2. The molecule has 0 spiro atoms. The Hall–Kier alpha value is -2.77. The number of carbonyl (C=O) groups excluding carboxylic acids is 2. The molecule has 2 aromatic rings. The van der Waals surface area contributed by atoms with Crippen LogP contribution in [0.15, 0.2) is 18.2 Å². The highest BCUT2D eigenvalue weighted by molar-refractivity contribution is 5.98. The van der Waals surface area contributed by atoms with E-state index in [1.165, 1.54) is 6.07 Å². The predicted molar refractivity (Wildman–Crippen MR) is 112 cm³/mol. The second-order valence-corrected chi connectivity index (χ2v) is 9.42. The van der Waals surface area contributed by atoms with Gasteiger partial charge in [0, 0.05) is 25.2 Å². The Morgan fingerprint density at radius 2 is 1.81 bits per heavy atom. The zero-order valence-corrected chi connectivity index (χ0v) is 18.2. The average Bonchev–Trinajstić information content (AvgIpc) is 3.05. The van der Waals surface area contributed by atoms with Crippen molar-refractivity contribution in [2.75, 3.05) is 13.1 Å². The highest BCUT2D eigenvalue weighted by Crippen LogP contribution is 2.29. The summed E-state index contributed by atoms with van der Waals surface area (Å²) in [6.45, 7) is 7.84. The number of carbonyl (C=O) groups is 2. The molecule has 0 bridgehead atoms. The van der Waals surface area contributed by atoms with Crippen LogP contribution in [0.2, 0.25) is 0 Å². The first-order valence-electron chi connectivity index (χ1n) is 10.8. The average molecular weight is 430 g/mol. The lowest BCUT2D eigenvalue weighted by molar-refractivity contribution is -0.139.